The normalized spacial score (nSPS) is 19.2. The van der Waals surface area contributed by atoms with Gasteiger partial charge in [0.25, 0.3) is 0 Å². The second-order valence-electron chi connectivity index (χ2n) is 7.47. The molecule has 0 aromatic carbocycles. The number of hydrogen-bond donors (Lipinski definition) is 0. The van der Waals surface area contributed by atoms with Crippen molar-refractivity contribution in [3.63, 3.8) is 0 Å². The standard InChI is InChI=1S/C21H27N5O2S/c27-20(16-29-21-23-8-1-9-24-21)26-12-4-17(5-13-26)25-14-6-19(7-15-25)28-18-2-10-22-11-3-18/h1-3,8-11,17,19H,4-7,12-16H2. The van der Waals surface area contributed by atoms with Crippen molar-refractivity contribution < 1.29 is 9.53 Å². The molecule has 0 radical (unpaired) electrons. The molecule has 8 heteroatoms. The Bertz CT molecular complexity index is 763. The van der Waals surface area contributed by atoms with Crippen LogP contribution in [0.4, 0.5) is 0 Å². The largest absolute Gasteiger partial charge is 0.490 e. The molecule has 4 heterocycles. The number of nitrogens with zero attached hydrogens (tertiary/aromatic N) is 5. The topological polar surface area (TPSA) is 71.5 Å². The number of likely N-dealkylation sites (tertiary alicyclic amines) is 2. The van der Waals surface area contributed by atoms with Gasteiger partial charge in [-0.2, -0.15) is 0 Å². The fourth-order valence-electron chi connectivity index (χ4n) is 4.03. The van der Waals surface area contributed by atoms with E-state index in [2.05, 4.69) is 19.9 Å². The molecule has 0 saturated carbocycles. The van der Waals surface area contributed by atoms with Gasteiger partial charge in [-0.15, -0.1) is 0 Å². The molecule has 2 aromatic rings. The lowest BCUT2D eigenvalue weighted by Gasteiger charge is -2.41. The monoisotopic (exact) mass is 413 g/mol. The molecule has 154 valence electrons. The third-order valence-electron chi connectivity index (χ3n) is 5.63. The predicted octanol–water partition coefficient (Wildman–Crippen LogP) is 2.50. The summed E-state index contributed by atoms with van der Waals surface area (Å²) in [5.74, 6) is 1.50. The van der Waals surface area contributed by atoms with Crippen molar-refractivity contribution >= 4 is 17.7 Å². The first kappa shape index (κ1) is 20.1. The van der Waals surface area contributed by atoms with E-state index < -0.39 is 0 Å². The second-order valence-corrected chi connectivity index (χ2v) is 8.41. The molecule has 0 spiro atoms. The van der Waals surface area contributed by atoms with E-state index in [0.717, 1.165) is 57.6 Å². The van der Waals surface area contributed by atoms with E-state index in [4.69, 9.17) is 4.74 Å². The highest BCUT2D eigenvalue weighted by Crippen LogP contribution is 2.24. The summed E-state index contributed by atoms with van der Waals surface area (Å²) in [5.41, 5.74) is 0. The van der Waals surface area contributed by atoms with Gasteiger partial charge in [0, 0.05) is 57.0 Å². The third-order valence-corrected chi connectivity index (χ3v) is 6.49. The van der Waals surface area contributed by atoms with Crippen molar-refractivity contribution in [2.75, 3.05) is 31.9 Å². The molecule has 1 amide bonds. The molecule has 0 unspecified atom stereocenters. The van der Waals surface area contributed by atoms with Crippen molar-refractivity contribution in [2.24, 2.45) is 0 Å². The van der Waals surface area contributed by atoms with Gasteiger partial charge in [-0.25, -0.2) is 9.97 Å². The quantitative estimate of drug-likeness (QED) is 0.532. The van der Waals surface area contributed by atoms with Crippen LogP contribution in [0.5, 0.6) is 5.75 Å². The number of piperidine rings is 2. The van der Waals surface area contributed by atoms with Crippen LogP contribution in [0.2, 0.25) is 0 Å². The van der Waals surface area contributed by atoms with E-state index in [9.17, 15) is 4.79 Å². The Morgan fingerprint density at radius 2 is 1.69 bits per heavy atom. The zero-order valence-electron chi connectivity index (χ0n) is 16.5. The van der Waals surface area contributed by atoms with Gasteiger partial charge >= 0.3 is 0 Å². The number of thioether (sulfide) groups is 1. The number of aromatic nitrogens is 3. The smallest absolute Gasteiger partial charge is 0.233 e. The zero-order chi connectivity index (χ0) is 19.9. The molecule has 2 saturated heterocycles. The van der Waals surface area contributed by atoms with Gasteiger partial charge in [0.1, 0.15) is 11.9 Å². The number of hydrogen-bond acceptors (Lipinski definition) is 7. The van der Waals surface area contributed by atoms with Gasteiger partial charge < -0.3 is 9.64 Å². The minimum atomic E-state index is 0.186. The Hall–Kier alpha value is -2.19. The SMILES string of the molecule is O=C(CSc1ncccn1)N1CCC(N2CCC(Oc3ccncc3)CC2)CC1. The number of ether oxygens (including phenoxy) is 1. The van der Waals surface area contributed by atoms with Gasteiger partial charge in [-0.3, -0.25) is 14.7 Å². The number of amides is 1. The van der Waals surface area contributed by atoms with Gasteiger partial charge in [0.05, 0.1) is 5.75 Å². The van der Waals surface area contributed by atoms with Gasteiger partial charge in [-0.05, 0) is 43.9 Å². The highest BCUT2D eigenvalue weighted by molar-refractivity contribution is 7.99. The molecular weight excluding hydrogens is 386 g/mol. The molecule has 2 fully saturated rings. The summed E-state index contributed by atoms with van der Waals surface area (Å²) < 4.78 is 6.07. The molecular formula is C21H27N5O2S. The van der Waals surface area contributed by atoms with Gasteiger partial charge in [-0.1, -0.05) is 11.8 Å². The average Bonchev–Trinajstić information content (AvgIpc) is 2.79. The highest BCUT2D eigenvalue weighted by Gasteiger charge is 2.30. The minimum Gasteiger partial charge on any atom is -0.490 e. The van der Waals surface area contributed by atoms with Crippen LogP contribution in [0.25, 0.3) is 0 Å². The van der Waals surface area contributed by atoms with Crippen LogP contribution < -0.4 is 4.74 Å². The van der Waals surface area contributed by atoms with Crippen molar-refractivity contribution in [1.29, 1.82) is 0 Å². The maximum atomic E-state index is 12.5. The minimum absolute atomic E-state index is 0.186. The number of pyridine rings is 1. The van der Waals surface area contributed by atoms with Crippen molar-refractivity contribution in [3.8, 4) is 5.75 Å². The van der Waals surface area contributed by atoms with Crippen molar-refractivity contribution in [2.45, 2.75) is 43.0 Å². The first-order valence-corrected chi connectivity index (χ1v) is 11.2. The van der Waals surface area contributed by atoms with E-state index in [1.54, 1.807) is 30.9 Å². The summed E-state index contributed by atoms with van der Waals surface area (Å²) in [6.45, 7) is 3.81. The Kier molecular flexibility index (Phi) is 6.95. The predicted molar refractivity (Wildman–Crippen MR) is 112 cm³/mol. The summed E-state index contributed by atoms with van der Waals surface area (Å²) in [4.78, 5) is 29.4. The first-order chi connectivity index (χ1) is 14.3. The summed E-state index contributed by atoms with van der Waals surface area (Å²) >= 11 is 1.41. The van der Waals surface area contributed by atoms with Gasteiger partial charge in [0.2, 0.25) is 5.91 Å². The zero-order valence-corrected chi connectivity index (χ0v) is 17.3. The summed E-state index contributed by atoms with van der Waals surface area (Å²) in [5, 5.41) is 0.660. The Morgan fingerprint density at radius 3 is 2.38 bits per heavy atom. The molecule has 0 bridgehead atoms. The summed E-state index contributed by atoms with van der Waals surface area (Å²) in [7, 11) is 0. The van der Waals surface area contributed by atoms with Crippen LogP contribution in [0, 0.1) is 0 Å². The lowest BCUT2D eigenvalue weighted by atomic mass is 9.99. The van der Waals surface area contributed by atoms with Crippen LogP contribution in [0.1, 0.15) is 25.7 Å². The number of carbonyl (C=O) groups excluding carboxylic acids is 1. The summed E-state index contributed by atoms with van der Waals surface area (Å²) in [6, 6.07) is 6.19. The fourth-order valence-corrected chi connectivity index (χ4v) is 4.73. The Balaban J connectivity index is 1.17. The number of carbonyl (C=O) groups is 1. The lowest BCUT2D eigenvalue weighted by molar-refractivity contribution is -0.130. The molecule has 0 aliphatic carbocycles. The maximum Gasteiger partial charge on any atom is 0.233 e. The van der Waals surface area contributed by atoms with Crippen LogP contribution >= 0.6 is 11.8 Å². The molecule has 2 aromatic heterocycles. The second kappa shape index (κ2) is 10.0. The molecule has 4 rings (SSSR count). The Labute approximate surface area is 175 Å². The van der Waals surface area contributed by atoms with Crippen molar-refractivity contribution in [1.82, 2.24) is 24.8 Å². The van der Waals surface area contributed by atoms with E-state index in [1.165, 1.54) is 11.8 Å². The van der Waals surface area contributed by atoms with E-state index in [1.807, 2.05) is 17.0 Å². The van der Waals surface area contributed by atoms with Crippen LogP contribution in [-0.4, -0.2) is 74.7 Å². The average molecular weight is 414 g/mol. The molecule has 2 aliphatic rings. The fraction of sp³-hybridized carbons (Fsp3) is 0.524. The van der Waals surface area contributed by atoms with E-state index in [0.29, 0.717) is 17.0 Å². The Morgan fingerprint density at radius 1 is 1.00 bits per heavy atom. The van der Waals surface area contributed by atoms with E-state index in [-0.39, 0.29) is 12.0 Å². The van der Waals surface area contributed by atoms with Gasteiger partial charge in [0.15, 0.2) is 5.16 Å². The lowest BCUT2D eigenvalue weighted by Crippen LogP contribution is -2.50. The highest BCUT2D eigenvalue weighted by atomic mass is 32.2. The molecule has 2 aliphatic heterocycles. The molecule has 7 nitrogen and oxygen atoms in total. The van der Waals surface area contributed by atoms with E-state index >= 15 is 0 Å². The van der Waals surface area contributed by atoms with Crippen LogP contribution in [-0.2, 0) is 4.79 Å². The molecule has 0 N–H and O–H groups in total. The third kappa shape index (κ3) is 5.67. The molecule has 0 atom stereocenters. The first-order valence-electron chi connectivity index (χ1n) is 10.3. The van der Waals surface area contributed by atoms with Crippen LogP contribution in [0.15, 0.2) is 48.1 Å². The maximum absolute atomic E-state index is 12.5. The van der Waals surface area contributed by atoms with Crippen molar-refractivity contribution in [3.05, 3.63) is 43.0 Å². The summed E-state index contributed by atoms with van der Waals surface area (Å²) in [6.07, 6.45) is 11.4. The number of rotatable bonds is 6. The molecule has 29 heavy (non-hydrogen) atoms. The van der Waals surface area contributed by atoms with Crippen LogP contribution in [0.3, 0.4) is 0 Å².